The topological polar surface area (TPSA) is 32.6 Å². The first-order valence-corrected chi connectivity index (χ1v) is 6.52. The highest BCUT2D eigenvalue weighted by Gasteiger charge is 2.28. The maximum absolute atomic E-state index is 4.57. The molecular formula is C15H24N3+. The Labute approximate surface area is 109 Å². The molecule has 0 aliphatic heterocycles. The number of imidazole rings is 1. The van der Waals surface area contributed by atoms with Gasteiger partial charge in [0, 0.05) is 13.1 Å². The Morgan fingerprint density at radius 1 is 1.11 bits per heavy atom. The SMILES string of the molecule is Cc1[nH]c2ncc(C(C)(C)C)cc2[n+]1C(C)(C)C. The van der Waals surface area contributed by atoms with Crippen LogP contribution in [-0.2, 0) is 11.0 Å². The third kappa shape index (κ3) is 2.14. The van der Waals surface area contributed by atoms with Gasteiger partial charge in [0.15, 0.2) is 5.52 Å². The summed E-state index contributed by atoms with van der Waals surface area (Å²) in [5.74, 6) is 1.15. The second-order valence-corrected chi connectivity index (χ2v) is 7.06. The number of nitrogens with one attached hydrogen (secondary N) is 1. The van der Waals surface area contributed by atoms with Crippen molar-refractivity contribution in [3.8, 4) is 0 Å². The summed E-state index contributed by atoms with van der Waals surface area (Å²) in [5.41, 5.74) is 3.61. The zero-order chi connectivity index (χ0) is 13.7. The van der Waals surface area contributed by atoms with Gasteiger partial charge in [-0.15, -0.1) is 0 Å². The van der Waals surface area contributed by atoms with E-state index in [1.54, 1.807) is 0 Å². The number of aromatic nitrogens is 3. The number of aromatic amines is 1. The second-order valence-electron chi connectivity index (χ2n) is 7.06. The first kappa shape index (κ1) is 13.1. The van der Waals surface area contributed by atoms with Crippen LogP contribution in [0.1, 0.15) is 52.9 Å². The van der Waals surface area contributed by atoms with Gasteiger partial charge in [-0.25, -0.2) is 14.5 Å². The molecule has 18 heavy (non-hydrogen) atoms. The van der Waals surface area contributed by atoms with Crippen molar-refractivity contribution in [1.29, 1.82) is 0 Å². The van der Waals surface area contributed by atoms with Gasteiger partial charge in [-0.05, 0) is 37.8 Å². The molecule has 0 aliphatic rings. The number of hydrogen-bond acceptors (Lipinski definition) is 1. The van der Waals surface area contributed by atoms with Crippen LogP contribution in [0.25, 0.3) is 11.2 Å². The Hall–Kier alpha value is -1.38. The molecule has 0 fully saturated rings. The average Bonchev–Trinajstić information content (AvgIpc) is 2.49. The summed E-state index contributed by atoms with van der Waals surface area (Å²) < 4.78 is 2.32. The van der Waals surface area contributed by atoms with Gasteiger partial charge in [-0.1, -0.05) is 20.8 Å². The van der Waals surface area contributed by atoms with Gasteiger partial charge in [-0.2, -0.15) is 0 Å². The first-order chi connectivity index (χ1) is 8.10. The maximum Gasteiger partial charge on any atom is 0.266 e. The van der Waals surface area contributed by atoms with Crippen molar-refractivity contribution in [3.05, 3.63) is 23.7 Å². The van der Waals surface area contributed by atoms with Crippen molar-refractivity contribution in [1.82, 2.24) is 9.97 Å². The van der Waals surface area contributed by atoms with Crippen LogP contribution in [0.15, 0.2) is 12.3 Å². The lowest BCUT2D eigenvalue weighted by atomic mass is 9.88. The van der Waals surface area contributed by atoms with Gasteiger partial charge >= 0.3 is 0 Å². The largest absolute Gasteiger partial charge is 0.266 e. The Balaban J connectivity index is 2.76. The van der Waals surface area contributed by atoms with Crippen molar-refractivity contribution in [2.24, 2.45) is 0 Å². The molecule has 0 aromatic carbocycles. The molecule has 0 atom stereocenters. The molecule has 2 aromatic rings. The lowest BCUT2D eigenvalue weighted by molar-refractivity contribution is -0.735. The molecular weight excluding hydrogens is 222 g/mol. The third-order valence-corrected chi connectivity index (χ3v) is 3.28. The highest BCUT2D eigenvalue weighted by molar-refractivity contribution is 5.67. The smallest absolute Gasteiger partial charge is 0.225 e. The monoisotopic (exact) mass is 246 g/mol. The van der Waals surface area contributed by atoms with Crippen LogP contribution in [0.5, 0.6) is 0 Å². The highest BCUT2D eigenvalue weighted by Crippen LogP contribution is 2.24. The van der Waals surface area contributed by atoms with Crippen LogP contribution < -0.4 is 4.57 Å². The first-order valence-electron chi connectivity index (χ1n) is 6.52. The summed E-state index contributed by atoms with van der Waals surface area (Å²) >= 11 is 0. The van der Waals surface area contributed by atoms with Crippen LogP contribution in [-0.4, -0.2) is 9.97 Å². The van der Waals surface area contributed by atoms with E-state index in [9.17, 15) is 0 Å². The third-order valence-electron chi connectivity index (χ3n) is 3.28. The molecule has 3 nitrogen and oxygen atoms in total. The van der Waals surface area contributed by atoms with Crippen LogP contribution in [0.2, 0.25) is 0 Å². The Morgan fingerprint density at radius 3 is 2.22 bits per heavy atom. The van der Waals surface area contributed by atoms with E-state index < -0.39 is 0 Å². The number of aryl methyl sites for hydroxylation is 1. The number of nitrogens with zero attached hydrogens (tertiary/aromatic N) is 2. The summed E-state index contributed by atoms with van der Waals surface area (Å²) in [6, 6.07) is 2.26. The Bertz CT molecular complexity index is 580. The molecule has 3 heteroatoms. The molecule has 98 valence electrons. The number of pyridine rings is 1. The lowest BCUT2D eigenvalue weighted by Crippen LogP contribution is -2.51. The fourth-order valence-corrected chi connectivity index (χ4v) is 2.40. The zero-order valence-electron chi connectivity index (χ0n) is 12.5. The number of rotatable bonds is 0. The quantitative estimate of drug-likeness (QED) is 0.711. The van der Waals surface area contributed by atoms with Gasteiger partial charge in [0.05, 0.1) is 0 Å². The summed E-state index contributed by atoms with van der Waals surface area (Å²) in [6.07, 6.45) is 1.98. The summed E-state index contributed by atoms with van der Waals surface area (Å²) in [7, 11) is 0. The van der Waals surface area contributed by atoms with Gasteiger partial charge < -0.3 is 0 Å². The molecule has 0 unspecified atom stereocenters. The molecule has 2 rings (SSSR count). The molecule has 1 N–H and O–H groups in total. The Kier molecular flexibility index (Phi) is 2.76. The van der Waals surface area contributed by atoms with Crippen molar-refractivity contribution in [2.45, 2.75) is 59.4 Å². The summed E-state index contributed by atoms with van der Waals surface area (Å²) in [6.45, 7) is 15.4. The number of hydrogen-bond donors (Lipinski definition) is 1. The second kappa shape index (κ2) is 3.81. The molecule has 0 saturated heterocycles. The fraction of sp³-hybridized carbons (Fsp3) is 0.600. The molecule has 0 bridgehead atoms. The summed E-state index contributed by atoms with van der Waals surface area (Å²) in [4.78, 5) is 7.93. The normalized spacial score (nSPS) is 13.3. The molecule has 2 heterocycles. The molecule has 0 saturated carbocycles. The minimum absolute atomic E-state index is 0.0561. The van der Waals surface area contributed by atoms with E-state index in [-0.39, 0.29) is 11.0 Å². The van der Waals surface area contributed by atoms with Gasteiger partial charge in [0.2, 0.25) is 0 Å². The van der Waals surface area contributed by atoms with E-state index in [2.05, 4.69) is 69.1 Å². The van der Waals surface area contributed by atoms with E-state index in [1.807, 2.05) is 6.20 Å². The fourth-order valence-electron chi connectivity index (χ4n) is 2.40. The lowest BCUT2D eigenvalue weighted by Gasteiger charge is -2.19. The highest BCUT2D eigenvalue weighted by atomic mass is 15.1. The van der Waals surface area contributed by atoms with E-state index in [0.717, 1.165) is 11.5 Å². The van der Waals surface area contributed by atoms with E-state index in [4.69, 9.17) is 0 Å². The van der Waals surface area contributed by atoms with Crippen LogP contribution in [0.4, 0.5) is 0 Å². The molecule has 0 aliphatic carbocycles. The van der Waals surface area contributed by atoms with Gasteiger partial charge in [-0.3, -0.25) is 0 Å². The average molecular weight is 246 g/mol. The predicted molar refractivity (Wildman–Crippen MR) is 74.7 cm³/mol. The number of fused-ring (bicyclic) bond motifs is 1. The standard InChI is InChI=1S/C15H23N3/c1-10-17-13-12(18(10)15(5,6)7)8-11(9-16-13)14(2,3)4/h8-9H,1-7H3/p+1. The summed E-state index contributed by atoms with van der Waals surface area (Å²) in [5, 5.41) is 0. The molecule has 2 aromatic heterocycles. The number of H-pyrrole nitrogens is 1. The van der Waals surface area contributed by atoms with E-state index in [1.165, 1.54) is 11.1 Å². The van der Waals surface area contributed by atoms with E-state index >= 15 is 0 Å². The van der Waals surface area contributed by atoms with Crippen LogP contribution in [0.3, 0.4) is 0 Å². The molecule has 0 spiro atoms. The molecule has 0 radical (unpaired) electrons. The minimum atomic E-state index is 0.0561. The van der Waals surface area contributed by atoms with Crippen molar-refractivity contribution in [3.63, 3.8) is 0 Å². The molecule has 0 amide bonds. The van der Waals surface area contributed by atoms with Gasteiger partial charge in [0.25, 0.3) is 11.5 Å². The van der Waals surface area contributed by atoms with Gasteiger partial charge in [0.1, 0.15) is 5.54 Å². The van der Waals surface area contributed by atoms with E-state index in [0.29, 0.717) is 0 Å². The van der Waals surface area contributed by atoms with Crippen LogP contribution in [0, 0.1) is 6.92 Å². The van der Waals surface area contributed by atoms with Crippen LogP contribution >= 0.6 is 0 Å². The van der Waals surface area contributed by atoms with Crippen molar-refractivity contribution >= 4 is 11.2 Å². The Morgan fingerprint density at radius 2 is 1.72 bits per heavy atom. The predicted octanol–water partition coefficient (Wildman–Crippen LogP) is 3.21. The van der Waals surface area contributed by atoms with Crippen molar-refractivity contribution in [2.75, 3.05) is 0 Å². The minimum Gasteiger partial charge on any atom is -0.225 e. The maximum atomic E-state index is 4.57. The zero-order valence-corrected chi connectivity index (χ0v) is 12.5. The van der Waals surface area contributed by atoms with Crippen molar-refractivity contribution < 1.29 is 4.57 Å².